The van der Waals surface area contributed by atoms with Gasteiger partial charge in [-0.15, -0.1) is 11.3 Å². The van der Waals surface area contributed by atoms with Crippen molar-refractivity contribution in [2.24, 2.45) is 21.8 Å². The van der Waals surface area contributed by atoms with Crippen molar-refractivity contribution < 1.29 is 0 Å². The Hall–Kier alpha value is -1.55. The number of hydrogen-bond acceptors (Lipinski definition) is 4. The molecule has 3 nitrogen and oxygen atoms in total. The molecular weight excluding hydrogens is 386 g/mol. The van der Waals surface area contributed by atoms with Gasteiger partial charge in [-0.25, -0.2) is 4.98 Å². The van der Waals surface area contributed by atoms with E-state index in [1.165, 1.54) is 17.0 Å². The molecular formula is C26H49N3S. The lowest BCUT2D eigenvalue weighted by atomic mass is 10.0. The number of aromatic nitrogens is 1. The van der Waals surface area contributed by atoms with Gasteiger partial charge in [0.1, 0.15) is 0 Å². The van der Waals surface area contributed by atoms with Gasteiger partial charge in [0.25, 0.3) is 0 Å². The zero-order valence-corrected chi connectivity index (χ0v) is 22.7. The molecule has 0 spiro atoms. The smallest absolute Gasteiger partial charge is 0.0794 e. The van der Waals surface area contributed by atoms with Crippen molar-refractivity contribution in [2.45, 2.75) is 102 Å². The molecule has 3 heterocycles. The minimum absolute atomic E-state index is 0.584. The van der Waals surface area contributed by atoms with E-state index in [9.17, 15) is 0 Å². The number of rotatable bonds is 3. The number of aliphatic imine (C=N–C) groups is 2. The molecule has 0 radical (unpaired) electrons. The third-order valence-electron chi connectivity index (χ3n) is 3.80. The monoisotopic (exact) mass is 435 g/mol. The molecule has 0 aliphatic carbocycles. The molecule has 2 aliphatic heterocycles. The van der Waals surface area contributed by atoms with Crippen LogP contribution in [0.4, 0.5) is 0 Å². The van der Waals surface area contributed by atoms with E-state index in [0.717, 1.165) is 12.8 Å². The minimum Gasteiger partial charge on any atom is -0.269 e. The predicted molar refractivity (Wildman–Crippen MR) is 142 cm³/mol. The highest BCUT2D eigenvalue weighted by Gasteiger charge is 2.04. The molecule has 1 aromatic heterocycles. The maximum atomic E-state index is 4.17. The Labute approximate surface area is 192 Å². The van der Waals surface area contributed by atoms with Gasteiger partial charge in [-0.3, -0.25) is 9.98 Å². The summed E-state index contributed by atoms with van der Waals surface area (Å²) in [5.74, 6) is 1.89. The first-order valence-electron chi connectivity index (χ1n) is 11.7. The fourth-order valence-corrected chi connectivity index (χ4v) is 2.73. The Morgan fingerprint density at radius 2 is 1.40 bits per heavy atom. The van der Waals surface area contributed by atoms with Crippen LogP contribution in [0.1, 0.15) is 108 Å². The summed E-state index contributed by atoms with van der Waals surface area (Å²) >= 11 is 1.66. The maximum Gasteiger partial charge on any atom is 0.0794 e. The van der Waals surface area contributed by atoms with Gasteiger partial charge in [0, 0.05) is 42.5 Å². The third-order valence-corrected chi connectivity index (χ3v) is 4.40. The van der Waals surface area contributed by atoms with E-state index in [1.807, 2.05) is 65.7 Å². The Kier molecular flexibility index (Phi) is 26.2. The third kappa shape index (κ3) is 17.3. The summed E-state index contributed by atoms with van der Waals surface area (Å²) in [5.41, 5.74) is 5.83. The SMILES string of the molecule is CC.CC.CC.CC(C)C1=CN=CC1.CC(C)C1=NC=CC1.CC(C)c1cscn1. The largest absolute Gasteiger partial charge is 0.269 e. The molecule has 2 aliphatic rings. The highest BCUT2D eigenvalue weighted by atomic mass is 32.1. The molecule has 4 heteroatoms. The fraction of sp³-hybridized carbons (Fsp3) is 0.654. The summed E-state index contributed by atoms with van der Waals surface area (Å²) in [6.45, 7) is 25.0. The van der Waals surface area contributed by atoms with Crippen LogP contribution in [0.25, 0.3) is 0 Å². The molecule has 0 bridgehead atoms. The van der Waals surface area contributed by atoms with Gasteiger partial charge < -0.3 is 0 Å². The topological polar surface area (TPSA) is 37.6 Å². The Balaban J connectivity index is -0.000000323. The van der Waals surface area contributed by atoms with E-state index in [0.29, 0.717) is 17.8 Å². The second-order valence-electron chi connectivity index (χ2n) is 6.83. The van der Waals surface area contributed by atoms with Gasteiger partial charge >= 0.3 is 0 Å². The second kappa shape index (κ2) is 23.7. The van der Waals surface area contributed by atoms with E-state index < -0.39 is 0 Å². The van der Waals surface area contributed by atoms with Crippen LogP contribution in [-0.2, 0) is 0 Å². The lowest BCUT2D eigenvalue weighted by molar-refractivity contribution is 0.759. The first kappa shape index (κ1) is 33.1. The maximum absolute atomic E-state index is 4.17. The summed E-state index contributed by atoms with van der Waals surface area (Å²) in [4.78, 5) is 12.3. The molecule has 0 atom stereocenters. The molecule has 0 aromatic carbocycles. The van der Waals surface area contributed by atoms with Gasteiger partial charge in [-0.05, 0) is 23.3 Å². The first-order chi connectivity index (χ1) is 14.4. The Morgan fingerprint density at radius 1 is 0.800 bits per heavy atom. The second-order valence-corrected chi connectivity index (χ2v) is 7.55. The summed E-state index contributed by atoms with van der Waals surface area (Å²) < 4.78 is 0. The normalized spacial score (nSPS) is 12.8. The number of hydrogen-bond donors (Lipinski definition) is 0. The van der Waals surface area contributed by atoms with Crippen LogP contribution < -0.4 is 0 Å². The van der Waals surface area contributed by atoms with Crippen molar-refractivity contribution in [3.05, 3.63) is 40.6 Å². The Morgan fingerprint density at radius 3 is 1.60 bits per heavy atom. The Bertz CT molecular complexity index is 543. The van der Waals surface area contributed by atoms with E-state index in [2.05, 4.69) is 68.0 Å². The highest BCUT2D eigenvalue weighted by molar-refractivity contribution is 7.07. The minimum atomic E-state index is 0.584. The van der Waals surface area contributed by atoms with E-state index >= 15 is 0 Å². The van der Waals surface area contributed by atoms with E-state index in [1.54, 1.807) is 11.3 Å². The molecule has 0 fully saturated rings. The molecule has 0 saturated carbocycles. The molecule has 3 rings (SSSR count). The van der Waals surface area contributed by atoms with Crippen molar-refractivity contribution in [1.29, 1.82) is 0 Å². The van der Waals surface area contributed by atoms with Crippen LogP contribution in [0.5, 0.6) is 0 Å². The van der Waals surface area contributed by atoms with Crippen LogP contribution in [0.3, 0.4) is 0 Å². The number of allylic oxidation sites excluding steroid dienone is 2. The van der Waals surface area contributed by atoms with Crippen molar-refractivity contribution in [3.8, 4) is 0 Å². The van der Waals surface area contributed by atoms with Crippen molar-refractivity contribution in [3.63, 3.8) is 0 Å². The molecule has 0 N–H and O–H groups in total. The van der Waals surface area contributed by atoms with Crippen LogP contribution >= 0.6 is 11.3 Å². The first-order valence-corrected chi connectivity index (χ1v) is 12.7. The highest BCUT2D eigenvalue weighted by Crippen LogP contribution is 2.15. The van der Waals surface area contributed by atoms with Gasteiger partial charge in [0.2, 0.25) is 0 Å². The number of nitrogens with zero attached hydrogens (tertiary/aromatic N) is 3. The molecule has 0 unspecified atom stereocenters. The molecule has 174 valence electrons. The summed E-state index contributed by atoms with van der Waals surface area (Å²) in [5, 5.41) is 2.09. The summed E-state index contributed by atoms with van der Waals surface area (Å²) in [6, 6.07) is 0. The van der Waals surface area contributed by atoms with Gasteiger partial charge in [-0.2, -0.15) is 0 Å². The average Bonchev–Trinajstić information content (AvgIpc) is 3.56. The lowest BCUT2D eigenvalue weighted by Crippen LogP contribution is -2.02. The molecule has 1 aromatic rings. The van der Waals surface area contributed by atoms with Crippen LogP contribution in [0, 0.1) is 11.8 Å². The van der Waals surface area contributed by atoms with Gasteiger partial charge in [-0.1, -0.05) is 89.2 Å². The number of thiazole rings is 1. The summed E-state index contributed by atoms with van der Waals surface area (Å²) in [6.07, 6.45) is 10.0. The van der Waals surface area contributed by atoms with Crippen molar-refractivity contribution in [2.75, 3.05) is 0 Å². The molecule has 0 saturated heterocycles. The van der Waals surface area contributed by atoms with Crippen LogP contribution in [0.2, 0.25) is 0 Å². The van der Waals surface area contributed by atoms with Crippen LogP contribution in [0.15, 0.2) is 44.9 Å². The van der Waals surface area contributed by atoms with Gasteiger partial charge in [0.05, 0.1) is 11.2 Å². The van der Waals surface area contributed by atoms with Crippen molar-refractivity contribution >= 4 is 23.3 Å². The molecule has 0 amide bonds. The van der Waals surface area contributed by atoms with Crippen LogP contribution in [-0.4, -0.2) is 16.9 Å². The zero-order chi connectivity index (χ0) is 23.9. The van der Waals surface area contributed by atoms with Crippen molar-refractivity contribution in [1.82, 2.24) is 4.98 Å². The molecule has 30 heavy (non-hydrogen) atoms. The van der Waals surface area contributed by atoms with E-state index in [4.69, 9.17) is 0 Å². The standard InChI is InChI=1S/2C7H11N.C6H9NS.3C2H6/c1-6(2)7-3-4-8-5-7;1-6(2)7-4-3-5-8-7;1-5(2)6-3-8-4-7-6;3*1-2/h4-6H,3H2,1-2H3;3,5-6H,4H2,1-2H3;3-5H,1-2H3;3*1-2H3. The quantitative estimate of drug-likeness (QED) is 0.466. The van der Waals surface area contributed by atoms with E-state index in [-0.39, 0.29) is 0 Å². The zero-order valence-electron chi connectivity index (χ0n) is 21.9. The summed E-state index contributed by atoms with van der Waals surface area (Å²) in [7, 11) is 0. The predicted octanol–water partition coefficient (Wildman–Crippen LogP) is 9.35. The van der Waals surface area contributed by atoms with Gasteiger partial charge in [0.15, 0.2) is 0 Å². The fourth-order valence-electron chi connectivity index (χ4n) is 2.01. The lowest BCUT2D eigenvalue weighted by Gasteiger charge is -2.01. The average molecular weight is 436 g/mol.